The van der Waals surface area contributed by atoms with Crippen molar-refractivity contribution in [3.8, 4) is 11.6 Å². The van der Waals surface area contributed by atoms with E-state index in [4.69, 9.17) is 15.2 Å². The van der Waals surface area contributed by atoms with E-state index in [1.54, 1.807) is 57.2 Å². The van der Waals surface area contributed by atoms with Crippen molar-refractivity contribution in [1.82, 2.24) is 9.97 Å². The Morgan fingerprint density at radius 2 is 1.83 bits per heavy atom. The van der Waals surface area contributed by atoms with Crippen LogP contribution in [0.1, 0.15) is 20.8 Å². The van der Waals surface area contributed by atoms with E-state index < -0.39 is 22.3 Å². The number of anilines is 2. The molecule has 0 aliphatic carbocycles. The summed E-state index contributed by atoms with van der Waals surface area (Å²) in [5.74, 6) is -0.274. The number of hydrogen-bond acceptors (Lipinski definition) is 8. The van der Waals surface area contributed by atoms with Gasteiger partial charge in [-0.2, -0.15) is 4.98 Å². The smallest absolute Gasteiger partial charge is 0.412 e. The van der Waals surface area contributed by atoms with Gasteiger partial charge >= 0.3 is 17.7 Å². The van der Waals surface area contributed by atoms with Crippen LogP contribution in [0.2, 0.25) is 0 Å². The lowest BCUT2D eigenvalue weighted by atomic mass is 10.1. The van der Waals surface area contributed by atoms with Gasteiger partial charge in [0, 0.05) is 10.8 Å². The van der Waals surface area contributed by atoms with Crippen LogP contribution in [0.25, 0.3) is 10.8 Å². The largest absolute Gasteiger partial charge is 0.444 e. The van der Waals surface area contributed by atoms with Gasteiger partial charge in [0.1, 0.15) is 17.7 Å². The third-order valence-corrected chi connectivity index (χ3v) is 3.73. The zero-order valence-corrected chi connectivity index (χ0v) is 16.0. The Balaban J connectivity index is 2.00. The molecule has 0 fully saturated rings. The molecule has 0 aliphatic heterocycles. The minimum atomic E-state index is -0.703. The lowest BCUT2D eigenvalue weighted by Crippen LogP contribution is -2.27. The number of hydrogen-bond donors (Lipinski definition) is 2. The number of ether oxygens (including phenoxy) is 2. The maximum Gasteiger partial charge on any atom is 0.412 e. The maximum atomic E-state index is 12.1. The number of rotatable bonds is 4. The Morgan fingerprint density at radius 3 is 2.48 bits per heavy atom. The molecule has 0 bridgehead atoms. The molecule has 1 heterocycles. The molecule has 10 nitrogen and oxygen atoms in total. The Kier molecular flexibility index (Phi) is 5.18. The molecule has 0 saturated carbocycles. The number of aromatic nitrogens is 2. The summed E-state index contributed by atoms with van der Waals surface area (Å²) >= 11 is 0. The highest BCUT2D eigenvalue weighted by Gasteiger charge is 2.24. The quantitative estimate of drug-likeness (QED) is 0.491. The first-order chi connectivity index (χ1) is 13.7. The average molecular weight is 397 g/mol. The number of nitrogens with two attached hydrogens (primary N) is 1. The molecule has 1 amide bonds. The number of fused-ring (bicyclic) bond motifs is 1. The number of nitrogens with zero attached hydrogens (tertiary/aromatic N) is 3. The van der Waals surface area contributed by atoms with Gasteiger partial charge in [0.25, 0.3) is 0 Å². The highest BCUT2D eigenvalue weighted by molar-refractivity contribution is 6.02. The summed E-state index contributed by atoms with van der Waals surface area (Å²) < 4.78 is 11.0. The molecule has 10 heteroatoms. The van der Waals surface area contributed by atoms with Crippen LogP contribution < -0.4 is 15.8 Å². The average Bonchev–Trinajstić information content (AvgIpc) is 2.62. The molecule has 0 unspecified atom stereocenters. The molecule has 0 spiro atoms. The molecule has 0 radical (unpaired) electrons. The summed E-state index contributed by atoms with van der Waals surface area (Å²) in [6, 6.07) is 10.3. The van der Waals surface area contributed by atoms with E-state index in [1.807, 2.05) is 0 Å². The standard InChI is InChI=1S/C19H19N5O5/c1-19(2,3)29-18(25)23-13-8-9-14(12-7-5-4-6-11(12)13)28-17-15(24(26)27)16(20)21-10-22-17/h4-10H,1-3H3,(H,23,25)(H2,20,21,22). The van der Waals surface area contributed by atoms with Crippen LogP contribution in [-0.2, 0) is 4.74 Å². The number of nitro groups is 1. The van der Waals surface area contributed by atoms with E-state index in [9.17, 15) is 14.9 Å². The summed E-state index contributed by atoms with van der Waals surface area (Å²) in [6.45, 7) is 5.30. The highest BCUT2D eigenvalue weighted by atomic mass is 16.6. The first-order valence-electron chi connectivity index (χ1n) is 8.60. The SMILES string of the molecule is CC(C)(C)OC(=O)Nc1ccc(Oc2ncnc(N)c2[N+](=O)[O-])c2ccccc12. The van der Waals surface area contributed by atoms with Crippen molar-refractivity contribution in [1.29, 1.82) is 0 Å². The summed E-state index contributed by atoms with van der Waals surface area (Å²) in [4.78, 5) is 30.2. The fraction of sp³-hybridized carbons (Fsp3) is 0.211. The minimum absolute atomic E-state index is 0.277. The molecule has 3 rings (SSSR count). The van der Waals surface area contributed by atoms with E-state index in [0.717, 1.165) is 6.33 Å². The van der Waals surface area contributed by atoms with Crippen LogP contribution >= 0.6 is 0 Å². The first kappa shape index (κ1) is 19.8. The molecule has 150 valence electrons. The van der Waals surface area contributed by atoms with E-state index in [1.165, 1.54) is 0 Å². The van der Waals surface area contributed by atoms with Gasteiger partial charge in [0.2, 0.25) is 5.82 Å². The van der Waals surface area contributed by atoms with Gasteiger partial charge < -0.3 is 15.2 Å². The van der Waals surface area contributed by atoms with Crippen molar-refractivity contribution in [2.24, 2.45) is 0 Å². The number of carbonyl (C=O) groups is 1. The van der Waals surface area contributed by atoms with Crippen LogP contribution in [0.5, 0.6) is 11.6 Å². The number of carbonyl (C=O) groups excluding carboxylic acids is 1. The highest BCUT2D eigenvalue weighted by Crippen LogP contribution is 2.37. The summed E-state index contributed by atoms with van der Waals surface area (Å²) in [5.41, 5.74) is 4.92. The second-order valence-corrected chi connectivity index (χ2v) is 7.06. The van der Waals surface area contributed by atoms with Crippen LogP contribution in [0.4, 0.5) is 22.0 Å². The molecule has 3 aromatic rings. The predicted molar refractivity (Wildman–Crippen MR) is 107 cm³/mol. The molecular weight excluding hydrogens is 378 g/mol. The summed E-state index contributed by atoms with van der Waals surface area (Å²) in [5, 5.41) is 15.2. The van der Waals surface area contributed by atoms with E-state index in [0.29, 0.717) is 22.2 Å². The molecule has 29 heavy (non-hydrogen) atoms. The molecule has 3 N–H and O–H groups in total. The second kappa shape index (κ2) is 7.58. The van der Waals surface area contributed by atoms with Crippen molar-refractivity contribution >= 4 is 34.1 Å². The summed E-state index contributed by atoms with van der Waals surface area (Å²) in [7, 11) is 0. The zero-order chi connectivity index (χ0) is 21.2. The van der Waals surface area contributed by atoms with Gasteiger partial charge in [-0.1, -0.05) is 24.3 Å². The molecule has 0 atom stereocenters. The molecule has 0 aliphatic rings. The third kappa shape index (κ3) is 4.49. The van der Waals surface area contributed by atoms with Crippen LogP contribution in [0.15, 0.2) is 42.7 Å². The fourth-order valence-electron chi connectivity index (χ4n) is 2.61. The Bertz CT molecular complexity index is 1090. The minimum Gasteiger partial charge on any atom is -0.444 e. The normalized spacial score (nSPS) is 11.1. The van der Waals surface area contributed by atoms with Gasteiger partial charge in [0.05, 0.1) is 10.6 Å². The van der Waals surface area contributed by atoms with Crippen LogP contribution in [0, 0.1) is 10.1 Å². The number of amides is 1. The van der Waals surface area contributed by atoms with Gasteiger partial charge in [-0.25, -0.2) is 9.78 Å². The van der Waals surface area contributed by atoms with Crippen LogP contribution in [0.3, 0.4) is 0 Å². The van der Waals surface area contributed by atoms with Crippen molar-refractivity contribution in [3.63, 3.8) is 0 Å². The Hall–Kier alpha value is -3.95. The van der Waals surface area contributed by atoms with Gasteiger partial charge in [-0.3, -0.25) is 15.4 Å². The van der Waals surface area contributed by atoms with Gasteiger partial charge in [-0.05, 0) is 32.9 Å². The van der Waals surface area contributed by atoms with Crippen molar-refractivity contribution in [2.75, 3.05) is 11.1 Å². The zero-order valence-electron chi connectivity index (χ0n) is 16.0. The Labute approximate surface area is 165 Å². The number of benzene rings is 2. The molecular formula is C19H19N5O5. The first-order valence-corrected chi connectivity index (χ1v) is 8.60. The number of nitrogens with one attached hydrogen (secondary N) is 1. The maximum absolute atomic E-state index is 12.1. The van der Waals surface area contributed by atoms with Crippen LogP contribution in [-0.4, -0.2) is 26.6 Å². The van der Waals surface area contributed by atoms with Crippen molar-refractivity contribution in [2.45, 2.75) is 26.4 Å². The lowest BCUT2D eigenvalue weighted by molar-refractivity contribution is -0.385. The second-order valence-electron chi connectivity index (χ2n) is 7.06. The molecule has 1 aromatic heterocycles. The van der Waals surface area contributed by atoms with Gasteiger partial charge in [0.15, 0.2) is 0 Å². The van der Waals surface area contributed by atoms with Gasteiger partial charge in [-0.15, -0.1) is 0 Å². The van der Waals surface area contributed by atoms with E-state index in [2.05, 4.69) is 15.3 Å². The molecule has 0 saturated heterocycles. The van der Waals surface area contributed by atoms with Crippen molar-refractivity contribution < 1.29 is 19.2 Å². The fourth-order valence-corrected chi connectivity index (χ4v) is 2.61. The third-order valence-electron chi connectivity index (χ3n) is 3.73. The van der Waals surface area contributed by atoms with Crippen molar-refractivity contribution in [3.05, 3.63) is 52.8 Å². The Morgan fingerprint density at radius 1 is 1.14 bits per heavy atom. The predicted octanol–water partition coefficient (Wildman–Crippen LogP) is 4.26. The topological polar surface area (TPSA) is 142 Å². The monoisotopic (exact) mass is 397 g/mol. The van der Waals surface area contributed by atoms with E-state index >= 15 is 0 Å². The van der Waals surface area contributed by atoms with E-state index in [-0.39, 0.29) is 11.7 Å². The number of nitrogen functional groups attached to an aromatic ring is 1. The molecule has 2 aromatic carbocycles. The lowest BCUT2D eigenvalue weighted by Gasteiger charge is -2.20. The summed E-state index contributed by atoms with van der Waals surface area (Å²) in [6.07, 6.45) is 0.480.